The molecule has 1 aliphatic rings. The summed E-state index contributed by atoms with van der Waals surface area (Å²) in [7, 11) is 0. The average molecular weight is 283 g/mol. The van der Waals surface area contributed by atoms with Gasteiger partial charge in [0.2, 0.25) is 0 Å². The van der Waals surface area contributed by atoms with Gasteiger partial charge in [-0.05, 0) is 49.8 Å². The van der Waals surface area contributed by atoms with Crippen LogP contribution < -0.4 is 11.1 Å². The highest BCUT2D eigenvalue weighted by Crippen LogP contribution is 2.27. The molecule has 0 spiro atoms. The number of halogens is 1. The molecule has 1 aromatic rings. The SMILES string of the molecule is CC1CCC(Nc2ccc(C(N)=S)c(Cl)c2)CC1. The first kappa shape index (κ1) is 13.6. The summed E-state index contributed by atoms with van der Waals surface area (Å²) in [6.07, 6.45) is 5.07. The molecular formula is C14H19ClN2S. The normalized spacial score (nSPS) is 23.7. The highest BCUT2D eigenvalue weighted by atomic mass is 35.5. The van der Waals surface area contributed by atoms with Crippen LogP contribution in [0.5, 0.6) is 0 Å². The molecule has 0 atom stereocenters. The highest BCUT2D eigenvalue weighted by Gasteiger charge is 2.18. The lowest BCUT2D eigenvalue weighted by Gasteiger charge is -2.27. The van der Waals surface area contributed by atoms with E-state index in [0.29, 0.717) is 16.1 Å². The highest BCUT2D eigenvalue weighted by molar-refractivity contribution is 7.80. The molecule has 18 heavy (non-hydrogen) atoms. The summed E-state index contributed by atoms with van der Waals surface area (Å²) in [5.41, 5.74) is 7.39. The molecular weight excluding hydrogens is 264 g/mol. The molecule has 3 N–H and O–H groups in total. The van der Waals surface area contributed by atoms with Crippen LogP contribution >= 0.6 is 23.8 Å². The number of thiocarbonyl (C=S) groups is 1. The van der Waals surface area contributed by atoms with Crippen molar-refractivity contribution in [2.24, 2.45) is 11.7 Å². The van der Waals surface area contributed by atoms with Gasteiger partial charge < -0.3 is 11.1 Å². The Balaban J connectivity index is 2.02. The molecule has 0 radical (unpaired) electrons. The van der Waals surface area contributed by atoms with Crippen molar-refractivity contribution in [2.45, 2.75) is 38.6 Å². The number of nitrogens with one attached hydrogen (secondary N) is 1. The molecule has 1 aliphatic carbocycles. The van der Waals surface area contributed by atoms with Gasteiger partial charge in [0.15, 0.2) is 0 Å². The number of hydrogen-bond donors (Lipinski definition) is 2. The molecule has 0 bridgehead atoms. The Morgan fingerprint density at radius 2 is 2.00 bits per heavy atom. The summed E-state index contributed by atoms with van der Waals surface area (Å²) in [5, 5.41) is 4.16. The van der Waals surface area contributed by atoms with E-state index in [1.54, 1.807) is 0 Å². The smallest absolute Gasteiger partial charge is 0.105 e. The van der Waals surface area contributed by atoms with Gasteiger partial charge in [0, 0.05) is 17.3 Å². The number of nitrogens with two attached hydrogens (primary N) is 1. The number of benzene rings is 1. The molecule has 0 unspecified atom stereocenters. The third kappa shape index (κ3) is 3.36. The monoisotopic (exact) mass is 282 g/mol. The van der Waals surface area contributed by atoms with Crippen LogP contribution in [0.25, 0.3) is 0 Å². The number of rotatable bonds is 3. The van der Waals surface area contributed by atoms with Crippen LogP contribution in [0.3, 0.4) is 0 Å². The Morgan fingerprint density at radius 1 is 1.33 bits per heavy atom. The molecule has 1 saturated carbocycles. The number of hydrogen-bond acceptors (Lipinski definition) is 2. The van der Waals surface area contributed by atoms with E-state index in [2.05, 4.69) is 12.2 Å². The van der Waals surface area contributed by atoms with Crippen molar-refractivity contribution in [3.05, 3.63) is 28.8 Å². The predicted octanol–water partition coefficient (Wildman–Crippen LogP) is 3.96. The van der Waals surface area contributed by atoms with E-state index in [9.17, 15) is 0 Å². The molecule has 0 heterocycles. The van der Waals surface area contributed by atoms with E-state index in [1.807, 2.05) is 18.2 Å². The van der Waals surface area contributed by atoms with E-state index in [0.717, 1.165) is 17.2 Å². The Hall–Kier alpha value is -0.800. The Kier molecular flexibility index (Phi) is 4.46. The van der Waals surface area contributed by atoms with Crippen LogP contribution in [0.2, 0.25) is 5.02 Å². The maximum Gasteiger partial charge on any atom is 0.105 e. The molecule has 1 fully saturated rings. The lowest BCUT2D eigenvalue weighted by atomic mass is 9.87. The van der Waals surface area contributed by atoms with Gasteiger partial charge in [-0.25, -0.2) is 0 Å². The fraction of sp³-hybridized carbons (Fsp3) is 0.500. The molecule has 0 aliphatic heterocycles. The van der Waals surface area contributed by atoms with Gasteiger partial charge in [0.1, 0.15) is 4.99 Å². The van der Waals surface area contributed by atoms with Gasteiger partial charge in [0.05, 0.1) is 5.02 Å². The van der Waals surface area contributed by atoms with Crippen molar-refractivity contribution < 1.29 is 0 Å². The Bertz CT molecular complexity index is 439. The van der Waals surface area contributed by atoms with Crippen LogP contribution in [0, 0.1) is 5.92 Å². The average Bonchev–Trinajstić information content (AvgIpc) is 2.32. The standard InChI is InChI=1S/C14H19ClN2S/c1-9-2-4-10(5-3-9)17-11-6-7-12(14(16)18)13(15)8-11/h6-10,17H,2-5H2,1H3,(H2,16,18). The first-order valence-corrected chi connectivity index (χ1v) is 7.21. The fourth-order valence-corrected chi connectivity index (χ4v) is 2.96. The molecule has 1 aromatic carbocycles. The second kappa shape index (κ2) is 5.89. The van der Waals surface area contributed by atoms with Crippen LogP contribution in [0.1, 0.15) is 38.2 Å². The van der Waals surface area contributed by atoms with Crippen LogP contribution in [0.15, 0.2) is 18.2 Å². The van der Waals surface area contributed by atoms with E-state index in [1.165, 1.54) is 25.7 Å². The molecule has 0 saturated heterocycles. The van der Waals surface area contributed by atoms with E-state index in [4.69, 9.17) is 29.6 Å². The zero-order valence-corrected chi connectivity index (χ0v) is 12.2. The third-order valence-electron chi connectivity index (χ3n) is 3.62. The van der Waals surface area contributed by atoms with Gasteiger partial charge in [-0.1, -0.05) is 30.7 Å². The summed E-state index contributed by atoms with van der Waals surface area (Å²) in [4.78, 5) is 0.345. The zero-order chi connectivity index (χ0) is 13.1. The van der Waals surface area contributed by atoms with Crippen molar-refractivity contribution in [2.75, 3.05) is 5.32 Å². The summed E-state index contributed by atoms with van der Waals surface area (Å²) < 4.78 is 0. The Morgan fingerprint density at radius 3 is 2.56 bits per heavy atom. The lowest BCUT2D eigenvalue weighted by Crippen LogP contribution is -2.25. The maximum absolute atomic E-state index is 6.16. The van der Waals surface area contributed by atoms with E-state index < -0.39 is 0 Å². The fourth-order valence-electron chi connectivity index (χ4n) is 2.44. The molecule has 98 valence electrons. The van der Waals surface area contributed by atoms with E-state index >= 15 is 0 Å². The minimum atomic E-state index is 0.345. The molecule has 0 aromatic heterocycles. The van der Waals surface area contributed by atoms with Crippen molar-refractivity contribution in [3.8, 4) is 0 Å². The van der Waals surface area contributed by atoms with Crippen molar-refractivity contribution >= 4 is 34.5 Å². The number of anilines is 1. The van der Waals surface area contributed by atoms with Gasteiger partial charge in [-0.15, -0.1) is 0 Å². The minimum Gasteiger partial charge on any atom is -0.389 e. The zero-order valence-electron chi connectivity index (χ0n) is 10.6. The molecule has 0 amide bonds. The molecule has 4 heteroatoms. The van der Waals surface area contributed by atoms with Crippen molar-refractivity contribution in [1.29, 1.82) is 0 Å². The molecule has 2 rings (SSSR count). The third-order valence-corrected chi connectivity index (χ3v) is 4.15. The topological polar surface area (TPSA) is 38.0 Å². The molecule has 2 nitrogen and oxygen atoms in total. The summed E-state index contributed by atoms with van der Waals surface area (Å²) in [6, 6.07) is 6.36. The van der Waals surface area contributed by atoms with Gasteiger partial charge >= 0.3 is 0 Å². The summed E-state index contributed by atoms with van der Waals surface area (Å²) in [6.45, 7) is 2.32. The van der Waals surface area contributed by atoms with Gasteiger partial charge in [-0.2, -0.15) is 0 Å². The van der Waals surface area contributed by atoms with Crippen LogP contribution in [0.4, 0.5) is 5.69 Å². The van der Waals surface area contributed by atoms with Crippen molar-refractivity contribution in [3.63, 3.8) is 0 Å². The largest absolute Gasteiger partial charge is 0.389 e. The first-order valence-electron chi connectivity index (χ1n) is 6.42. The van der Waals surface area contributed by atoms with Crippen LogP contribution in [-0.2, 0) is 0 Å². The second-order valence-electron chi connectivity index (χ2n) is 5.16. The van der Waals surface area contributed by atoms with E-state index in [-0.39, 0.29) is 0 Å². The van der Waals surface area contributed by atoms with Gasteiger partial charge in [0.25, 0.3) is 0 Å². The predicted molar refractivity (Wildman–Crippen MR) is 82.4 cm³/mol. The summed E-state index contributed by atoms with van der Waals surface area (Å²) in [5.74, 6) is 0.864. The second-order valence-corrected chi connectivity index (χ2v) is 6.01. The van der Waals surface area contributed by atoms with Gasteiger partial charge in [-0.3, -0.25) is 0 Å². The quantitative estimate of drug-likeness (QED) is 0.824. The first-order chi connectivity index (χ1) is 8.56. The van der Waals surface area contributed by atoms with Crippen LogP contribution in [-0.4, -0.2) is 11.0 Å². The Labute approximate surface area is 119 Å². The summed E-state index contributed by atoms with van der Waals surface area (Å²) >= 11 is 11.1. The lowest BCUT2D eigenvalue weighted by molar-refractivity contribution is 0.361. The maximum atomic E-state index is 6.16. The van der Waals surface area contributed by atoms with Crippen molar-refractivity contribution in [1.82, 2.24) is 0 Å². The minimum absolute atomic E-state index is 0.345.